The highest BCUT2D eigenvalue weighted by Crippen LogP contribution is 2.34. The monoisotopic (exact) mass is 340 g/mol. The number of hydrogen-bond acceptors (Lipinski definition) is 7. The molecule has 1 fully saturated rings. The lowest BCUT2D eigenvalue weighted by molar-refractivity contribution is -0.384. The summed E-state index contributed by atoms with van der Waals surface area (Å²) in [5.41, 5.74) is 1.20. The van der Waals surface area contributed by atoms with Crippen molar-refractivity contribution in [2.45, 2.75) is 19.3 Å². The number of nitrogens with zero attached hydrogens (tertiary/aromatic N) is 4. The van der Waals surface area contributed by atoms with Crippen LogP contribution in [-0.4, -0.2) is 28.2 Å². The first-order valence-corrected chi connectivity index (χ1v) is 8.14. The second kappa shape index (κ2) is 6.39. The van der Waals surface area contributed by atoms with E-state index in [9.17, 15) is 10.1 Å². The van der Waals surface area contributed by atoms with Crippen LogP contribution >= 0.6 is 0 Å². The highest BCUT2D eigenvalue weighted by Gasteiger charge is 2.23. The molecule has 0 amide bonds. The summed E-state index contributed by atoms with van der Waals surface area (Å²) in [6.07, 6.45) is 4.79. The molecule has 8 heteroatoms. The van der Waals surface area contributed by atoms with Crippen LogP contribution in [0.1, 0.15) is 19.3 Å². The summed E-state index contributed by atoms with van der Waals surface area (Å²) < 4.78 is 10.5. The molecular formula is C17H16N4O4. The third-order valence-electron chi connectivity index (χ3n) is 4.28. The number of anilines is 1. The Kier molecular flexibility index (Phi) is 3.93. The lowest BCUT2D eigenvalue weighted by Crippen LogP contribution is -2.29. The van der Waals surface area contributed by atoms with Crippen molar-refractivity contribution in [1.82, 2.24) is 10.1 Å². The number of furan rings is 1. The van der Waals surface area contributed by atoms with E-state index in [4.69, 9.17) is 8.94 Å². The molecule has 8 nitrogen and oxygen atoms in total. The van der Waals surface area contributed by atoms with E-state index in [2.05, 4.69) is 15.0 Å². The Morgan fingerprint density at radius 3 is 2.72 bits per heavy atom. The summed E-state index contributed by atoms with van der Waals surface area (Å²) in [5, 5.41) is 15.4. The van der Waals surface area contributed by atoms with Gasteiger partial charge in [0, 0.05) is 24.7 Å². The maximum atomic E-state index is 11.5. The van der Waals surface area contributed by atoms with E-state index in [-0.39, 0.29) is 16.5 Å². The summed E-state index contributed by atoms with van der Waals surface area (Å²) >= 11 is 0. The third-order valence-corrected chi connectivity index (χ3v) is 4.28. The van der Waals surface area contributed by atoms with Gasteiger partial charge in [0.05, 0.1) is 11.2 Å². The van der Waals surface area contributed by atoms with Gasteiger partial charge in [0.1, 0.15) is 5.69 Å². The number of hydrogen-bond donors (Lipinski definition) is 0. The van der Waals surface area contributed by atoms with Crippen molar-refractivity contribution < 1.29 is 13.9 Å². The molecule has 1 saturated heterocycles. The standard InChI is InChI=1S/C17H16N4O4/c22-21(23)14-11-12(6-7-13(14)20-8-2-1-3-9-20)17-18-16(19-25-17)15-5-4-10-24-15/h4-7,10-11H,1-3,8-9H2. The molecule has 0 aliphatic carbocycles. The van der Waals surface area contributed by atoms with E-state index >= 15 is 0 Å². The molecule has 0 radical (unpaired) electrons. The molecule has 25 heavy (non-hydrogen) atoms. The summed E-state index contributed by atoms with van der Waals surface area (Å²) in [6.45, 7) is 1.67. The van der Waals surface area contributed by atoms with Gasteiger partial charge in [-0.2, -0.15) is 4.98 Å². The molecule has 2 aromatic heterocycles. The van der Waals surface area contributed by atoms with E-state index in [0.29, 0.717) is 22.8 Å². The predicted molar refractivity (Wildman–Crippen MR) is 90.2 cm³/mol. The van der Waals surface area contributed by atoms with Crippen molar-refractivity contribution in [3.05, 3.63) is 46.7 Å². The van der Waals surface area contributed by atoms with Gasteiger partial charge in [0.15, 0.2) is 5.76 Å². The van der Waals surface area contributed by atoms with Crippen LogP contribution < -0.4 is 4.90 Å². The molecule has 0 spiro atoms. The van der Waals surface area contributed by atoms with Crippen molar-refractivity contribution in [1.29, 1.82) is 0 Å². The molecule has 3 heterocycles. The van der Waals surface area contributed by atoms with Gasteiger partial charge in [-0.25, -0.2) is 0 Å². The fourth-order valence-electron chi connectivity index (χ4n) is 3.05. The Morgan fingerprint density at radius 1 is 1.16 bits per heavy atom. The largest absolute Gasteiger partial charge is 0.461 e. The first kappa shape index (κ1) is 15.4. The number of rotatable bonds is 4. The zero-order valence-electron chi connectivity index (χ0n) is 13.4. The molecule has 0 bridgehead atoms. The number of aromatic nitrogens is 2. The topological polar surface area (TPSA) is 98.4 Å². The minimum Gasteiger partial charge on any atom is -0.461 e. The highest BCUT2D eigenvalue weighted by atomic mass is 16.6. The molecule has 1 aromatic carbocycles. The van der Waals surface area contributed by atoms with E-state index < -0.39 is 0 Å². The number of nitro benzene ring substituents is 1. The van der Waals surface area contributed by atoms with E-state index in [1.807, 2.05) is 0 Å². The predicted octanol–water partition coefficient (Wildman–Crippen LogP) is 3.90. The van der Waals surface area contributed by atoms with E-state index in [0.717, 1.165) is 25.9 Å². The van der Waals surface area contributed by atoms with Gasteiger partial charge in [-0.1, -0.05) is 5.16 Å². The second-order valence-corrected chi connectivity index (χ2v) is 5.91. The lowest BCUT2D eigenvalue weighted by Gasteiger charge is -2.28. The van der Waals surface area contributed by atoms with Crippen LogP contribution in [0.5, 0.6) is 0 Å². The molecule has 128 valence electrons. The molecule has 0 saturated carbocycles. The Morgan fingerprint density at radius 2 is 2.00 bits per heavy atom. The summed E-state index contributed by atoms with van der Waals surface area (Å²) in [6, 6.07) is 8.47. The minimum atomic E-state index is -0.364. The molecule has 3 aromatic rings. The van der Waals surface area contributed by atoms with Gasteiger partial charge in [-0.3, -0.25) is 10.1 Å². The summed E-state index contributed by atoms with van der Waals surface area (Å²) in [5.74, 6) is 1.01. The van der Waals surface area contributed by atoms with Gasteiger partial charge in [-0.05, 0) is 43.5 Å². The number of piperidine rings is 1. The normalized spacial score (nSPS) is 14.6. The van der Waals surface area contributed by atoms with Crippen LogP contribution in [0, 0.1) is 10.1 Å². The summed E-state index contributed by atoms with van der Waals surface area (Å²) in [4.78, 5) is 17.5. The minimum absolute atomic E-state index is 0.0529. The van der Waals surface area contributed by atoms with Crippen molar-refractivity contribution in [3.63, 3.8) is 0 Å². The Hall–Kier alpha value is -3.16. The molecule has 0 N–H and O–H groups in total. The molecular weight excluding hydrogens is 324 g/mol. The average molecular weight is 340 g/mol. The summed E-state index contributed by atoms with van der Waals surface area (Å²) in [7, 11) is 0. The van der Waals surface area contributed by atoms with Gasteiger partial charge < -0.3 is 13.8 Å². The highest BCUT2D eigenvalue weighted by molar-refractivity contribution is 5.71. The Balaban J connectivity index is 1.69. The molecule has 1 aliphatic rings. The molecule has 1 aliphatic heterocycles. The van der Waals surface area contributed by atoms with Crippen molar-refractivity contribution in [2.75, 3.05) is 18.0 Å². The van der Waals surface area contributed by atoms with Crippen LogP contribution in [0.3, 0.4) is 0 Å². The van der Waals surface area contributed by atoms with Crippen molar-refractivity contribution in [2.24, 2.45) is 0 Å². The van der Waals surface area contributed by atoms with Crippen LogP contribution in [-0.2, 0) is 0 Å². The average Bonchev–Trinajstić information content (AvgIpc) is 3.33. The number of benzene rings is 1. The van der Waals surface area contributed by atoms with Crippen molar-refractivity contribution >= 4 is 11.4 Å². The first-order chi connectivity index (χ1) is 12.2. The quantitative estimate of drug-likeness (QED) is 0.524. The van der Waals surface area contributed by atoms with Gasteiger partial charge in [0.25, 0.3) is 11.6 Å². The fraction of sp³-hybridized carbons (Fsp3) is 0.294. The Labute approximate surface area is 143 Å². The molecule has 4 rings (SSSR count). The first-order valence-electron chi connectivity index (χ1n) is 8.14. The van der Waals surface area contributed by atoms with Gasteiger partial charge in [0.2, 0.25) is 5.82 Å². The smallest absolute Gasteiger partial charge is 0.293 e. The maximum Gasteiger partial charge on any atom is 0.293 e. The zero-order chi connectivity index (χ0) is 17.2. The zero-order valence-corrected chi connectivity index (χ0v) is 13.4. The second-order valence-electron chi connectivity index (χ2n) is 5.91. The number of nitro groups is 1. The van der Waals surface area contributed by atoms with Crippen molar-refractivity contribution in [3.8, 4) is 23.0 Å². The van der Waals surface area contributed by atoms with Crippen LogP contribution in [0.4, 0.5) is 11.4 Å². The van der Waals surface area contributed by atoms with E-state index in [1.165, 1.54) is 18.8 Å². The lowest BCUT2D eigenvalue weighted by atomic mass is 10.1. The SMILES string of the molecule is O=[N+]([O-])c1cc(-c2nc(-c3ccco3)no2)ccc1N1CCCCC1. The maximum absolute atomic E-state index is 11.5. The van der Waals surface area contributed by atoms with Gasteiger partial charge >= 0.3 is 0 Å². The molecule has 0 unspecified atom stereocenters. The van der Waals surface area contributed by atoms with Gasteiger partial charge in [-0.15, -0.1) is 0 Å². The Bertz CT molecular complexity index is 882. The fourth-order valence-corrected chi connectivity index (χ4v) is 3.05. The van der Waals surface area contributed by atoms with E-state index in [1.54, 1.807) is 24.3 Å². The third kappa shape index (κ3) is 2.98. The van der Waals surface area contributed by atoms with Crippen LogP contribution in [0.15, 0.2) is 45.5 Å². The van der Waals surface area contributed by atoms with Crippen LogP contribution in [0.25, 0.3) is 23.0 Å². The molecule has 0 atom stereocenters. The van der Waals surface area contributed by atoms with Crippen LogP contribution in [0.2, 0.25) is 0 Å².